The van der Waals surface area contributed by atoms with Gasteiger partial charge in [0.2, 0.25) is 15.9 Å². The number of amides is 1. The lowest BCUT2D eigenvalue weighted by atomic mass is 10.3. The van der Waals surface area contributed by atoms with Gasteiger partial charge in [-0.2, -0.15) is 0 Å². The topological polar surface area (TPSA) is 87.3 Å². The van der Waals surface area contributed by atoms with E-state index in [1.54, 1.807) is 12.1 Å². The second-order valence-electron chi connectivity index (χ2n) is 4.41. The van der Waals surface area contributed by atoms with Crippen LogP contribution in [0.5, 0.6) is 0 Å². The molecule has 1 amide bonds. The molecule has 0 atom stereocenters. The molecule has 0 fully saturated rings. The van der Waals surface area contributed by atoms with Gasteiger partial charge in [-0.05, 0) is 38.2 Å². The normalized spacial score (nSPS) is 11.3. The Bertz CT molecular complexity index is 564. The fourth-order valence-electron chi connectivity index (χ4n) is 1.62. The highest BCUT2D eigenvalue weighted by Crippen LogP contribution is 2.14. The molecule has 1 aromatic carbocycles. The van der Waals surface area contributed by atoms with E-state index in [-0.39, 0.29) is 23.9 Å². The van der Waals surface area contributed by atoms with E-state index in [0.717, 1.165) is 13.0 Å². The first-order valence-corrected chi connectivity index (χ1v) is 8.48. The summed E-state index contributed by atoms with van der Waals surface area (Å²) in [5.74, 6) is -0.0906. The number of carbonyl (C=O) groups is 1. The average molecular weight is 334 g/mol. The molecule has 0 heterocycles. The molecule has 1 rings (SSSR count). The van der Waals surface area contributed by atoms with Crippen LogP contribution in [0.15, 0.2) is 29.2 Å². The van der Waals surface area contributed by atoms with Crippen molar-refractivity contribution in [3.63, 3.8) is 0 Å². The molecular formula is C13H20ClN3O3S. The van der Waals surface area contributed by atoms with Crippen LogP contribution in [-0.4, -0.2) is 41.0 Å². The molecule has 0 unspecified atom stereocenters. The van der Waals surface area contributed by atoms with Crippen molar-refractivity contribution in [1.82, 2.24) is 15.4 Å². The van der Waals surface area contributed by atoms with Gasteiger partial charge in [0.15, 0.2) is 0 Å². The van der Waals surface area contributed by atoms with Gasteiger partial charge in [-0.25, -0.2) is 13.1 Å². The molecule has 0 aliphatic rings. The highest BCUT2D eigenvalue weighted by atomic mass is 35.5. The third-order valence-electron chi connectivity index (χ3n) is 2.68. The Kier molecular flexibility index (Phi) is 7.66. The maximum Gasteiger partial charge on any atom is 0.240 e. The SMILES string of the molecule is CNCCCC(=O)NCCNS(=O)(=O)c1cccc(Cl)c1. The fraction of sp³-hybridized carbons (Fsp3) is 0.462. The van der Waals surface area contributed by atoms with Gasteiger partial charge in [-0.15, -0.1) is 0 Å². The molecule has 8 heteroatoms. The van der Waals surface area contributed by atoms with E-state index < -0.39 is 10.0 Å². The first-order chi connectivity index (χ1) is 9.95. The summed E-state index contributed by atoms with van der Waals surface area (Å²) in [6, 6.07) is 6.01. The van der Waals surface area contributed by atoms with Gasteiger partial charge in [-0.3, -0.25) is 4.79 Å². The second kappa shape index (κ2) is 8.99. The summed E-state index contributed by atoms with van der Waals surface area (Å²) in [5.41, 5.74) is 0. The fourth-order valence-corrected chi connectivity index (χ4v) is 2.95. The molecular weight excluding hydrogens is 314 g/mol. The summed E-state index contributed by atoms with van der Waals surface area (Å²) in [5, 5.41) is 5.96. The molecule has 6 nitrogen and oxygen atoms in total. The Morgan fingerprint density at radius 2 is 2.00 bits per heavy atom. The minimum atomic E-state index is -3.60. The van der Waals surface area contributed by atoms with Gasteiger partial charge >= 0.3 is 0 Å². The number of halogens is 1. The number of nitrogens with one attached hydrogen (secondary N) is 3. The van der Waals surface area contributed by atoms with Gasteiger partial charge < -0.3 is 10.6 Å². The molecule has 0 aliphatic carbocycles. The molecule has 21 heavy (non-hydrogen) atoms. The Morgan fingerprint density at radius 3 is 2.67 bits per heavy atom. The summed E-state index contributed by atoms with van der Waals surface area (Å²) < 4.78 is 26.3. The average Bonchev–Trinajstić information content (AvgIpc) is 2.44. The molecule has 0 spiro atoms. The standard InChI is InChI=1S/C13H20ClN3O3S/c1-15-7-3-6-13(18)16-8-9-17-21(19,20)12-5-2-4-11(14)10-12/h2,4-5,10,15,17H,3,6-9H2,1H3,(H,16,18). The molecule has 118 valence electrons. The van der Waals surface area contributed by atoms with Crippen molar-refractivity contribution in [2.75, 3.05) is 26.7 Å². The van der Waals surface area contributed by atoms with Gasteiger partial charge in [-0.1, -0.05) is 17.7 Å². The number of rotatable bonds is 9. The molecule has 1 aromatic rings. The van der Waals surface area contributed by atoms with E-state index in [9.17, 15) is 13.2 Å². The first kappa shape index (κ1) is 17.9. The smallest absolute Gasteiger partial charge is 0.240 e. The third kappa shape index (κ3) is 6.90. The van der Waals surface area contributed by atoms with Crippen LogP contribution < -0.4 is 15.4 Å². The minimum Gasteiger partial charge on any atom is -0.355 e. The summed E-state index contributed by atoms with van der Waals surface area (Å²) in [4.78, 5) is 11.5. The van der Waals surface area contributed by atoms with Crippen LogP contribution in [0.4, 0.5) is 0 Å². The van der Waals surface area contributed by atoms with Crippen LogP contribution in [0, 0.1) is 0 Å². The minimum absolute atomic E-state index is 0.0906. The lowest BCUT2D eigenvalue weighted by molar-refractivity contribution is -0.121. The van der Waals surface area contributed by atoms with E-state index in [1.165, 1.54) is 12.1 Å². The number of benzene rings is 1. The number of hydrogen-bond acceptors (Lipinski definition) is 4. The number of carbonyl (C=O) groups excluding carboxylic acids is 1. The third-order valence-corrected chi connectivity index (χ3v) is 4.37. The van der Waals surface area contributed by atoms with E-state index in [0.29, 0.717) is 11.4 Å². The molecule has 0 saturated carbocycles. The second-order valence-corrected chi connectivity index (χ2v) is 6.62. The van der Waals surface area contributed by atoms with Gasteiger partial charge in [0.05, 0.1) is 4.90 Å². The van der Waals surface area contributed by atoms with E-state index in [4.69, 9.17) is 11.6 Å². The number of hydrogen-bond donors (Lipinski definition) is 3. The highest BCUT2D eigenvalue weighted by Gasteiger charge is 2.13. The summed E-state index contributed by atoms with van der Waals surface area (Å²) in [6.07, 6.45) is 1.17. The predicted octanol–water partition coefficient (Wildman–Crippen LogP) is 0.734. The van der Waals surface area contributed by atoms with E-state index in [1.807, 2.05) is 7.05 Å². The lowest BCUT2D eigenvalue weighted by Gasteiger charge is -2.08. The van der Waals surface area contributed by atoms with Crippen LogP contribution in [-0.2, 0) is 14.8 Å². The van der Waals surface area contributed by atoms with Gasteiger partial charge in [0, 0.05) is 24.5 Å². The Hall–Kier alpha value is -1.15. The van der Waals surface area contributed by atoms with Gasteiger partial charge in [0.1, 0.15) is 0 Å². The van der Waals surface area contributed by atoms with E-state index >= 15 is 0 Å². The van der Waals surface area contributed by atoms with Crippen molar-refractivity contribution in [3.8, 4) is 0 Å². The van der Waals surface area contributed by atoms with Crippen LogP contribution in [0.3, 0.4) is 0 Å². The molecule has 3 N–H and O–H groups in total. The molecule has 0 saturated heterocycles. The largest absolute Gasteiger partial charge is 0.355 e. The summed E-state index contributed by atoms with van der Waals surface area (Å²) >= 11 is 5.76. The maximum atomic E-state index is 11.9. The van der Waals surface area contributed by atoms with E-state index in [2.05, 4.69) is 15.4 Å². The van der Waals surface area contributed by atoms with Crippen molar-refractivity contribution < 1.29 is 13.2 Å². The molecule has 0 aromatic heterocycles. The quantitative estimate of drug-likeness (QED) is 0.581. The Labute approximate surface area is 130 Å². The summed E-state index contributed by atoms with van der Waals surface area (Å²) in [7, 11) is -1.78. The monoisotopic (exact) mass is 333 g/mol. The highest BCUT2D eigenvalue weighted by molar-refractivity contribution is 7.89. The van der Waals surface area contributed by atoms with Crippen LogP contribution in [0.1, 0.15) is 12.8 Å². The number of sulfonamides is 1. The Balaban J connectivity index is 2.33. The predicted molar refractivity (Wildman–Crippen MR) is 82.8 cm³/mol. The molecule has 0 bridgehead atoms. The van der Waals surface area contributed by atoms with Crippen LogP contribution >= 0.6 is 11.6 Å². The van der Waals surface area contributed by atoms with Crippen LogP contribution in [0.2, 0.25) is 5.02 Å². The van der Waals surface area contributed by atoms with Crippen molar-refractivity contribution in [3.05, 3.63) is 29.3 Å². The Morgan fingerprint density at radius 1 is 1.24 bits per heavy atom. The van der Waals surface area contributed by atoms with Crippen molar-refractivity contribution >= 4 is 27.5 Å². The maximum absolute atomic E-state index is 11.9. The lowest BCUT2D eigenvalue weighted by Crippen LogP contribution is -2.34. The van der Waals surface area contributed by atoms with Gasteiger partial charge in [0.25, 0.3) is 0 Å². The molecule has 0 radical (unpaired) electrons. The zero-order valence-electron chi connectivity index (χ0n) is 11.9. The first-order valence-electron chi connectivity index (χ1n) is 6.62. The van der Waals surface area contributed by atoms with Crippen molar-refractivity contribution in [2.24, 2.45) is 0 Å². The zero-order valence-corrected chi connectivity index (χ0v) is 13.4. The summed E-state index contributed by atoms with van der Waals surface area (Å²) in [6.45, 7) is 1.15. The molecule has 0 aliphatic heterocycles. The van der Waals surface area contributed by atoms with Crippen molar-refractivity contribution in [2.45, 2.75) is 17.7 Å². The van der Waals surface area contributed by atoms with Crippen molar-refractivity contribution in [1.29, 1.82) is 0 Å². The van der Waals surface area contributed by atoms with Crippen LogP contribution in [0.25, 0.3) is 0 Å². The zero-order chi connectivity index (χ0) is 15.7.